The van der Waals surface area contributed by atoms with E-state index in [4.69, 9.17) is 4.74 Å². The lowest BCUT2D eigenvalue weighted by Gasteiger charge is -2.14. The molecule has 0 bridgehead atoms. The fraction of sp³-hybridized carbons (Fsp3) is 0.600. The fourth-order valence-electron chi connectivity index (χ4n) is 1.78. The van der Waals surface area contributed by atoms with E-state index in [1.165, 1.54) is 4.88 Å². The minimum atomic E-state index is -0.138. The highest BCUT2D eigenvalue weighted by Crippen LogP contribution is 2.27. The predicted octanol–water partition coefficient (Wildman–Crippen LogP) is 1.32. The van der Waals surface area contributed by atoms with Gasteiger partial charge in [0, 0.05) is 19.6 Å². The third kappa shape index (κ3) is 2.08. The maximum absolute atomic E-state index is 9.39. The molecule has 1 fully saturated rings. The van der Waals surface area contributed by atoms with Gasteiger partial charge in [-0.3, -0.25) is 4.90 Å². The van der Waals surface area contributed by atoms with Crippen LogP contribution >= 0.6 is 11.3 Å². The van der Waals surface area contributed by atoms with Crippen LogP contribution in [0.3, 0.4) is 0 Å². The van der Waals surface area contributed by atoms with E-state index < -0.39 is 0 Å². The van der Waals surface area contributed by atoms with Crippen LogP contribution in [0, 0.1) is 0 Å². The molecule has 0 saturated carbocycles. The van der Waals surface area contributed by atoms with E-state index in [2.05, 4.69) is 4.90 Å². The molecule has 1 atom stereocenters. The van der Waals surface area contributed by atoms with Gasteiger partial charge >= 0.3 is 0 Å². The van der Waals surface area contributed by atoms with Gasteiger partial charge in [-0.15, -0.1) is 11.3 Å². The van der Waals surface area contributed by atoms with E-state index in [0.29, 0.717) is 0 Å². The Bertz CT molecular complexity index is 300. The summed E-state index contributed by atoms with van der Waals surface area (Å²) in [7, 11) is 1.70. The second kappa shape index (κ2) is 4.29. The van der Waals surface area contributed by atoms with Crippen LogP contribution in [-0.2, 0) is 6.54 Å². The van der Waals surface area contributed by atoms with Gasteiger partial charge in [0.05, 0.1) is 18.1 Å². The van der Waals surface area contributed by atoms with Gasteiger partial charge in [0.1, 0.15) is 5.75 Å². The number of hydrogen-bond acceptors (Lipinski definition) is 4. The van der Waals surface area contributed by atoms with Crippen molar-refractivity contribution in [2.45, 2.75) is 19.1 Å². The van der Waals surface area contributed by atoms with Crippen molar-refractivity contribution >= 4 is 11.3 Å². The summed E-state index contributed by atoms with van der Waals surface area (Å²) in [6.45, 7) is 2.68. The van der Waals surface area contributed by atoms with Crippen LogP contribution in [0.1, 0.15) is 11.3 Å². The molecular formula is C10H15NO2S. The molecule has 1 N–H and O–H groups in total. The van der Waals surface area contributed by atoms with Crippen molar-refractivity contribution in [3.63, 3.8) is 0 Å². The maximum Gasteiger partial charge on any atom is 0.134 e. The van der Waals surface area contributed by atoms with Crippen LogP contribution in [0.2, 0.25) is 0 Å². The molecule has 0 radical (unpaired) electrons. The zero-order valence-corrected chi connectivity index (χ0v) is 9.09. The largest absolute Gasteiger partial charge is 0.496 e. The van der Waals surface area contributed by atoms with Crippen LogP contribution in [-0.4, -0.2) is 36.3 Å². The number of rotatable bonds is 3. The van der Waals surface area contributed by atoms with E-state index in [1.807, 2.05) is 11.4 Å². The fourth-order valence-corrected chi connectivity index (χ4v) is 2.67. The SMILES string of the molecule is COc1ccsc1CN1CC[C@H](O)C1. The Balaban J connectivity index is 1.97. The lowest BCUT2D eigenvalue weighted by atomic mass is 10.3. The summed E-state index contributed by atoms with van der Waals surface area (Å²) in [6.07, 6.45) is 0.759. The summed E-state index contributed by atoms with van der Waals surface area (Å²) in [5, 5.41) is 11.4. The van der Waals surface area contributed by atoms with Crippen molar-refractivity contribution in [3.8, 4) is 5.75 Å². The first kappa shape index (κ1) is 9.96. The Morgan fingerprint density at radius 2 is 2.57 bits per heavy atom. The normalized spacial score (nSPS) is 22.9. The number of aliphatic hydroxyl groups excluding tert-OH is 1. The van der Waals surface area contributed by atoms with Gasteiger partial charge in [-0.05, 0) is 17.9 Å². The molecule has 1 aliphatic rings. The lowest BCUT2D eigenvalue weighted by Crippen LogP contribution is -2.21. The highest BCUT2D eigenvalue weighted by Gasteiger charge is 2.21. The third-order valence-electron chi connectivity index (χ3n) is 2.54. The topological polar surface area (TPSA) is 32.7 Å². The van der Waals surface area contributed by atoms with E-state index >= 15 is 0 Å². The van der Waals surface area contributed by atoms with Crippen molar-refractivity contribution in [1.82, 2.24) is 4.90 Å². The molecule has 0 aliphatic carbocycles. The molecular weight excluding hydrogens is 198 g/mol. The van der Waals surface area contributed by atoms with Gasteiger partial charge in [0.25, 0.3) is 0 Å². The Kier molecular flexibility index (Phi) is 3.05. The van der Waals surface area contributed by atoms with E-state index in [1.54, 1.807) is 18.4 Å². The number of nitrogens with zero attached hydrogens (tertiary/aromatic N) is 1. The lowest BCUT2D eigenvalue weighted by molar-refractivity contribution is 0.174. The number of likely N-dealkylation sites (tertiary alicyclic amines) is 1. The third-order valence-corrected chi connectivity index (χ3v) is 3.43. The molecule has 2 heterocycles. The number of thiophene rings is 1. The van der Waals surface area contributed by atoms with Gasteiger partial charge < -0.3 is 9.84 Å². The first-order valence-electron chi connectivity index (χ1n) is 4.80. The number of methoxy groups -OCH3 is 1. The molecule has 0 aromatic carbocycles. The Morgan fingerprint density at radius 1 is 1.71 bits per heavy atom. The predicted molar refractivity (Wildman–Crippen MR) is 56.8 cm³/mol. The summed E-state index contributed by atoms with van der Waals surface area (Å²) in [6, 6.07) is 1.99. The van der Waals surface area contributed by atoms with Gasteiger partial charge in [-0.1, -0.05) is 0 Å². The number of aliphatic hydroxyl groups is 1. The standard InChI is InChI=1S/C10H15NO2S/c1-13-9-3-5-14-10(9)7-11-4-2-8(12)6-11/h3,5,8,12H,2,4,6-7H2,1H3/t8-/m0/s1. The van der Waals surface area contributed by atoms with Crippen molar-refractivity contribution in [2.75, 3.05) is 20.2 Å². The Morgan fingerprint density at radius 3 is 3.21 bits per heavy atom. The minimum Gasteiger partial charge on any atom is -0.496 e. The van der Waals surface area contributed by atoms with Crippen molar-refractivity contribution in [2.24, 2.45) is 0 Å². The number of β-amino-alcohol motifs (C(OH)–C–C–N with tert-alkyl or cyclic N) is 1. The Hall–Kier alpha value is -0.580. The quantitative estimate of drug-likeness (QED) is 0.822. The van der Waals surface area contributed by atoms with Crippen LogP contribution in [0.5, 0.6) is 5.75 Å². The highest BCUT2D eigenvalue weighted by atomic mass is 32.1. The summed E-state index contributed by atoms with van der Waals surface area (Å²) >= 11 is 1.71. The molecule has 14 heavy (non-hydrogen) atoms. The molecule has 78 valence electrons. The molecule has 4 heteroatoms. The van der Waals surface area contributed by atoms with Crippen LogP contribution in [0.4, 0.5) is 0 Å². The first-order valence-corrected chi connectivity index (χ1v) is 5.68. The molecule has 1 aromatic rings. The van der Waals surface area contributed by atoms with Crippen LogP contribution in [0.25, 0.3) is 0 Å². The van der Waals surface area contributed by atoms with E-state index in [-0.39, 0.29) is 6.10 Å². The summed E-state index contributed by atoms with van der Waals surface area (Å²) in [5.41, 5.74) is 0. The van der Waals surface area contributed by atoms with Gasteiger partial charge in [-0.25, -0.2) is 0 Å². The minimum absolute atomic E-state index is 0.138. The summed E-state index contributed by atoms with van der Waals surface area (Å²) in [5.74, 6) is 0.969. The van der Waals surface area contributed by atoms with Crippen molar-refractivity contribution in [1.29, 1.82) is 0 Å². The smallest absolute Gasteiger partial charge is 0.134 e. The van der Waals surface area contributed by atoms with Crippen molar-refractivity contribution < 1.29 is 9.84 Å². The summed E-state index contributed by atoms with van der Waals surface area (Å²) in [4.78, 5) is 3.51. The molecule has 0 spiro atoms. The zero-order chi connectivity index (χ0) is 9.97. The molecule has 3 nitrogen and oxygen atoms in total. The summed E-state index contributed by atoms with van der Waals surface area (Å²) < 4.78 is 5.24. The highest BCUT2D eigenvalue weighted by molar-refractivity contribution is 7.10. The van der Waals surface area contributed by atoms with Crippen LogP contribution in [0.15, 0.2) is 11.4 Å². The maximum atomic E-state index is 9.39. The molecule has 2 rings (SSSR count). The average Bonchev–Trinajstić information content (AvgIpc) is 2.76. The van der Waals surface area contributed by atoms with Gasteiger partial charge in [0.2, 0.25) is 0 Å². The van der Waals surface area contributed by atoms with Gasteiger partial charge in [-0.2, -0.15) is 0 Å². The van der Waals surface area contributed by atoms with E-state index in [9.17, 15) is 5.11 Å². The second-order valence-electron chi connectivity index (χ2n) is 3.59. The number of hydrogen-bond donors (Lipinski definition) is 1. The molecule has 0 amide bonds. The molecule has 1 aromatic heterocycles. The number of ether oxygens (including phenoxy) is 1. The average molecular weight is 213 g/mol. The molecule has 1 aliphatic heterocycles. The van der Waals surface area contributed by atoms with Crippen LogP contribution < -0.4 is 4.74 Å². The van der Waals surface area contributed by atoms with E-state index in [0.717, 1.165) is 31.8 Å². The molecule has 0 unspecified atom stereocenters. The van der Waals surface area contributed by atoms with Gasteiger partial charge in [0.15, 0.2) is 0 Å². The second-order valence-corrected chi connectivity index (χ2v) is 4.59. The van der Waals surface area contributed by atoms with Crippen molar-refractivity contribution in [3.05, 3.63) is 16.3 Å². The Labute approximate surface area is 87.9 Å². The zero-order valence-electron chi connectivity index (χ0n) is 8.27. The monoisotopic (exact) mass is 213 g/mol. The first-order chi connectivity index (χ1) is 6.79. The molecule has 1 saturated heterocycles.